The van der Waals surface area contributed by atoms with Crippen LogP contribution in [0.3, 0.4) is 0 Å². The first kappa shape index (κ1) is 14.2. The molecule has 4 nitrogen and oxygen atoms in total. The summed E-state index contributed by atoms with van der Waals surface area (Å²) in [5.41, 5.74) is 2.35. The molecule has 0 saturated carbocycles. The average molecular weight is 273 g/mol. The third kappa shape index (κ3) is 3.63. The highest BCUT2D eigenvalue weighted by Gasteiger charge is 2.14. The van der Waals surface area contributed by atoms with Crippen LogP contribution >= 0.6 is 0 Å². The number of ether oxygens (including phenoxy) is 1. The summed E-state index contributed by atoms with van der Waals surface area (Å²) in [6.07, 6.45) is 1.03. The molecule has 1 aromatic carbocycles. The quantitative estimate of drug-likeness (QED) is 0.911. The molecule has 4 heteroatoms. The average Bonchev–Trinajstić information content (AvgIpc) is 2.93. The van der Waals surface area contributed by atoms with Crippen molar-refractivity contribution in [2.24, 2.45) is 0 Å². The molecule has 1 amide bonds. The molecule has 0 bridgehead atoms. The van der Waals surface area contributed by atoms with E-state index in [1.54, 1.807) is 19.3 Å². The van der Waals surface area contributed by atoms with E-state index in [9.17, 15) is 4.79 Å². The summed E-state index contributed by atoms with van der Waals surface area (Å²) >= 11 is 0. The van der Waals surface area contributed by atoms with Crippen molar-refractivity contribution < 1.29 is 13.9 Å². The minimum absolute atomic E-state index is 0.167. The number of hydrogen-bond donors (Lipinski definition) is 1. The Morgan fingerprint density at radius 1 is 1.30 bits per heavy atom. The van der Waals surface area contributed by atoms with E-state index in [0.717, 1.165) is 11.3 Å². The molecule has 0 spiro atoms. The number of hydrogen-bond acceptors (Lipinski definition) is 3. The molecule has 106 valence electrons. The second kappa shape index (κ2) is 6.28. The lowest BCUT2D eigenvalue weighted by Gasteiger charge is -2.15. The number of carbonyl (C=O) groups is 1. The molecule has 0 fully saturated rings. The zero-order valence-electron chi connectivity index (χ0n) is 12.0. The Bertz CT molecular complexity index is 575. The van der Waals surface area contributed by atoms with Gasteiger partial charge in [-0.2, -0.15) is 0 Å². The zero-order valence-corrected chi connectivity index (χ0v) is 12.0. The Labute approximate surface area is 118 Å². The SMILES string of the molecule is Cc1ccc(OC(C)C(=O)NCc2ccco2)cc1C. The summed E-state index contributed by atoms with van der Waals surface area (Å²) in [6, 6.07) is 9.40. The molecular formula is C16H19NO3. The van der Waals surface area contributed by atoms with E-state index in [4.69, 9.17) is 9.15 Å². The van der Waals surface area contributed by atoms with Gasteiger partial charge in [0.1, 0.15) is 11.5 Å². The molecule has 0 saturated heterocycles. The maximum atomic E-state index is 11.9. The van der Waals surface area contributed by atoms with E-state index in [1.165, 1.54) is 5.56 Å². The summed E-state index contributed by atoms with van der Waals surface area (Å²) in [4.78, 5) is 11.9. The fraction of sp³-hybridized carbons (Fsp3) is 0.312. The molecule has 2 aromatic rings. The van der Waals surface area contributed by atoms with E-state index in [1.807, 2.05) is 38.1 Å². The van der Waals surface area contributed by atoms with Crippen molar-refractivity contribution in [3.8, 4) is 5.75 Å². The third-order valence-electron chi connectivity index (χ3n) is 3.18. The zero-order chi connectivity index (χ0) is 14.5. The Hall–Kier alpha value is -2.23. The van der Waals surface area contributed by atoms with Gasteiger partial charge in [-0.15, -0.1) is 0 Å². The van der Waals surface area contributed by atoms with Gasteiger partial charge in [-0.1, -0.05) is 6.07 Å². The summed E-state index contributed by atoms with van der Waals surface area (Å²) in [5, 5.41) is 2.77. The lowest BCUT2D eigenvalue weighted by molar-refractivity contribution is -0.127. The molecule has 1 aromatic heterocycles. The number of amides is 1. The molecule has 20 heavy (non-hydrogen) atoms. The lowest BCUT2D eigenvalue weighted by Crippen LogP contribution is -2.35. The van der Waals surface area contributed by atoms with E-state index < -0.39 is 6.10 Å². The van der Waals surface area contributed by atoms with E-state index in [-0.39, 0.29) is 5.91 Å². The second-order valence-electron chi connectivity index (χ2n) is 4.80. The lowest BCUT2D eigenvalue weighted by atomic mass is 10.1. The van der Waals surface area contributed by atoms with Gasteiger partial charge < -0.3 is 14.5 Å². The fourth-order valence-electron chi connectivity index (χ4n) is 1.78. The number of rotatable bonds is 5. The summed E-state index contributed by atoms with van der Waals surface area (Å²) in [5.74, 6) is 1.25. The normalized spacial score (nSPS) is 11.9. The number of benzene rings is 1. The molecule has 1 N–H and O–H groups in total. The Kier molecular flexibility index (Phi) is 4.45. The summed E-state index contributed by atoms with van der Waals surface area (Å²) in [6.45, 7) is 6.15. The topological polar surface area (TPSA) is 51.5 Å². The first-order chi connectivity index (χ1) is 9.56. The van der Waals surface area contributed by atoms with Crippen LogP contribution in [0.15, 0.2) is 41.0 Å². The predicted molar refractivity (Wildman–Crippen MR) is 76.6 cm³/mol. The van der Waals surface area contributed by atoms with Crippen LogP contribution in [0, 0.1) is 13.8 Å². The van der Waals surface area contributed by atoms with Crippen molar-refractivity contribution in [2.75, 3.05) is 0 Å². The van der Waals surface area contributed by atoms with Crippen LogP contribution in [0.4, 0.5) is 0 Å². The van der Waals surface area contributed by atoms with Gasteiger partial charge in [-0.3, -0.25) is 4.79 Å². The fourth-order valence-corrected chi connectivity index (χ4v) is 1.78. The summed E-state index contributed by atoms with van der Waals surface area (Å²) in [7, 11) is 0. The van der Waals surface area contributed by atoms with Gasteiger partial charge in [0.15, 0.2) is 6.10 Å². The highest BCUT2D eigenvalue weighted by molar-refractivity contribution is 5.80. The molecule has 1 heterocycles. The molecule has 0 aliphatic rings. The Morgan fingerprint density at radius 3 is 2.75 bits per heavy atom. The molecule has 0 radical (unpaired) electrons. The van der Waals surface area contributed by atoms with Crippen LogP contribution in [0.25, 0.3) is 0 Å². The van der Waals surface area contributed by atoms with Gasteiger partial charge in [0.2, 0.25) is 0 Å². The maximum absolute atomic E-state index is 11.9. The van der Waals surface area contributed by atoms with Gasteiger partial charge in [-0.25, -0.2) is 0 Å². The molecule has 1 atom stereocenters. The standard InChI is InChI=1S/C16H19NO3/c1-11-6-7-14(9-12(11)2)20-13(3)16(18)17-10-15-5-4-8-19-15/h4-9,13H,10H2,1-3H3,(H,17,18). The first-order valence-corrected chi connectivity index (χ1v) is 6.60. The molecule has 0 aliphatic heterocycles. The van der Waals surface area contributed by atoms with Gasteiger partial charge in [0.25, 0.3) is 5.91 Å². The molecule has 1 unspecified atom stereocenters. The van der Waals surface area contributed by atoms with Crippen molar-refractivity contribution >= 4 is 5.91 Å². The van der Waals surface area contributed by atoms with Crippen molar-refractivity contribution in [3.63, 3.8) is 0 Å². The highest BCUT2D eigenvalue weighted by Crippen LogP contribution is 2.17. The first-order valence-electron chi connectivity index (χ1n) is 6.60. The van der Waals surface area contributed by atoms with Crippen LogP contribution in [0.1, 0.15) is 23.8 Å². The second-order valence-corrected chi connectivity index (χ2v) is 4.80. The number of aryl methyl sites for hydroxylation is 2. The molecule has 0 aliphatic carbocycles. The Balaban J connectivity index is 1.88. The van der Waals surface area contributed by atoms with Crippen molar-refractivity contribution in [3.05, 3.63) is 53.5 Å². The van der Waals surface area contributed by atoms with Crippen LogP contribution < -0.4 is 10.1 Å². The van der Waals surface area contributed by atoms with Crippen molar-refractivity contribution in [2.45, 2.75) is 33.4 Å². The van der Waals surface area contributed by atoms with Crippen LogP contribution in [0.5, 0.6) is 5.75 Å². The number of furan rings is 1. The van der Waals surface area contributed by atoms with Crippen molar-refractivity contribution in [1.29, 1.82) is 0 Å². The smallest absolute Gasteiger partial charge is 0.261 e. The molecular weight excluding hydrogens is 254 g/mol. The van der Waals surface area contributed by atoms with Crippen LogP contribution in [-0.4, -0.2) is 12.0 Å². The van der Waals surface area contributed by atoms with Gasteiger partial charge in [-0.05, 0) is 56.2 Å². The van der Waals surface area contributed by atoms with Crippen molar-refractivity contribution in [1.82, 2.24) is 5.32 Å². The summed E-state index contributed by atoms with van der Waals surface area (Å²) < 4.78 is 10.8. The van der Waals surface area contributed by atoms with Crippen LogP contribution in [0.2, 0.25) is 0 Å². The largest absolute Gasteiger partial charge is 0.481 e. The van der Waals surface area contributed by atoms with E-state index in [2.05, 4.69) is 5.32 Å². The van der Waals surface area contributed by atoms with E-state index in [0.29, 0.717) is 12.3 Å². The minimum Gasteiger partial charge on any atom is -0.481 e. The van der Waals surface area contributed by atoms with Gasteiger partial charge >= 0.3 is 0 Å². The number of nitrogens with one attached hydrogen (secondary N) is 1. The minimum atomic E-state index is -0.549. The predicted octanol–water partition coefficient (Wildman–Crippen LogP) is 2.98. The monoisotopic (exact) mass is 273 g/mol. The highest BCUT2D eigenvalue weighted by atomic mass is 16.5. The van der Waals surface area contributed by atoms with E-state index >= 15 is 0 Å². The third-order valence-corrected chi connectivity index (χ3v) is 3.18. The van der Waals surface area contributed by atoms with Gasteiger partial charge in [0, 0.05) is 0 Å². The number of carbonyl (C=O) groups excluding carboxylic acids is 1. The van der Waals surface area contributed by atoms with Gasteiger partial charge in [0.05, 0.1) is 12.8 Å². The maximum Gasteiger partial charge on any atom is 0.261 e. The van der Waals surface area contributed by atoms with Crippen LogP contribution in [-0.2, 0) is 11.3 Å². The Morgan fingerprint density at radius 2 is 2.10 bits per heavy atom. The molecule has 2 rings (SSSR count).